The molecule has 0 bridgehead atoms. The van der Waals surface area contributed by atoms with Crippen LogP contribution >= 0.6 is 11.3 Å². The number of allylic oxidation sites excluding steroid dienone is 5. The lowest BCUT2D eigenvalue weighted by Gasteiger charge is -2.11. The van der Waals surface area contributed by atoms with Gasteiger partial charge in [0.05, 0.1) is 16.5 Å². The van der Waals surface area contributed by atoms with E-state index in [9.17, 15) is 5.26 Å². The maximum Gasteiger partial charge on any atom is 0.137 e. The molecule has 0 radical (unpaired) electrons. The monoisotopic (exact) mass is 403 g/mol. The van der Waals surface area contributed by atoms with Crippen LogP contribution in [0.5, 0.6) is 5.75 Å². The van der Waals surface area contributed by atoms with Crippen molar-refractivity contribution in [3.05, 3.63) is 69.9 Å². The molecule has 4 rings (SSSR count). The molecule has 29 heavy (non-hydrogen) atoms. The van der Waals surface area contributed by atoms with Crippen LogP contribution in [0, 0.1) is 11.3 Å². The predicted molar refractivity (Wildman–Crippen MR) is 120 cm³/mol. The molecule has 0 fully saturated rings. The topological polar surface area (TPSA) is 71.9 Å². The van der Waals surface area contributed by atoms with Gasteiger partial charge in [-0.05, 0) is 93.3 Å². The SMILES string of the molecule is CC(C)Oc1ccc(-c2ncc(C3=CC=C=CC4=C3CCC4)s2)cc1C#N.CN. The Morgan fingerprint density at radius 1 is 1.28 bits per heavy atom. The van der Waals surface area contributed by atoms with Gasteiger partial charge in [0.2, 0.25) is 0 Å². The molecule has 0 aliphatic heterocycles. The minimum atomic E-state index is 0.0344. The number of nitrogens with two attached hydrogens (primary N) is 1. The first-order valence-corrected chi connectivity index (χ1v) is 10.6. The molecule has 0 unspecified atom stereocenters. The van der Waals surface area contributed by atoms with Crippen LogP contribution in [-0.2, 0) is 0 Å². The third-order valence-electron chi connectivity index (χ3n) is 4.67. The van der Waals surface area contributed by atoms with Gasteiger partial charge in [0.1, 0.15) is 16.8 Å². The number of hydrogen-bond donors (Lipinski definition) is 1. The van der Waals surface area contributed by atoms with E-state index in [1.807, 2.05) is 44.3 Å². The molecule has 2 aliphatic carbocycles. The maximum atomic E-state index is 9.47. The lowest BCUT2D eigenvalue weighted by molar-refractivity contribution is 0.242. The van der Waals surface area contributed by atoms with E-state index in [0.29, 0.717) is 11.3 Å². The molecule has 1 heterocycles. The zero-order valence-electron chi connectivity index (χ0n) is 17.0. The summed E-state index contributed by atoms with van der Waals surface area (Å²) in [7, 11) is 1.50. The van der Waals surface area contributed by atoms with Gasteiger partial charge < -0.3 is 10.5 Å². The second-order valence-electron chi connectivity index (χ2n) is 6.93. The third-order valence-corrected chi connectivity index (χ3v) is 5.75. The fourth-order valence-electron chi connectivity index (χ4n) is 3.48. The van der Waals surface area contributed by atoms with E-state index in [1.165, 1.54) is 30.2 Å². The van der Waals surface area contributed by atoms with E-state index in [4.69, 9.17) is 4.74 Å². The molecule has 2 aliphatic rings. The number of ether oxygens (including phenoxy) is 1. The van der Waals surface area contributed by atoms with Gasteiger partial charge in [-0.1, -0.05) is 0 Å². The smallest absolute Gasteiger partial charge is 0.137 e. The highest BCUT2D eigenvalue weighted by Crippen LogP contribution is 2.41. The Balaban J connectivity index is 0.00000117. The van der Waals surface area contributed by atoms with Crippen molar-refractivity contribution in [3.8, 4) is 22.4 Å². The Morgan fingerprint density at radius 2 is 2.10 bits per heavy atom. The highest BCUT2D eigenvalue weighted by molar-refractivity contribution is 7.16. The van der Waals surface area contributed by atoms with Crippen LogP contribution in [0.25, 0.3) is 16.1 Å². The average Bonchev–Trinajstić information content (AvgIpc) is 3.36. The summed E-state index contributed by atoms with van der Waals surface area (Å²) >= 11 is 1.66. The van der Waals surface area contributed by atoms with E-state index in [1.54, 1.807) is 11.3 Å². The van der Waals surface area contributed by atoms with Gasteiger partial charge in [0.15, 0.2) is 0 Å². The summed E-state index contributed by atoms with van der Waals surface area (Å²) in [6.45, 7) is 3.91. The van der Waals surface area contributed by atoms with Crippen LogP contribution < -0.4 is 10.5 Å². The van der Waals surface area contributed by atoms with E-state index in [2.05, 4.69) is 34.7 Å². The molecule has 0 atom stereocenters. The summed E-state index contributed by atoms with van der Waals surface area (Å²) in [4.78, 5) is 5.79. The van der Waals surface area contributed by atoms with Gasteiger partial charge in [0, 0.05) is 11.8 Å². The number of thiazole rings is 1. The van der Waals surface area contributed by atoms with Gasteiger partial charge >= 0.3 is 0 Å². The first-order chi connectivity index (χ1) is 14.2. The summed E-state index contributed by atoms with van der Waals surface area (Å²) in [5.74, 6) is 0.622. The minimum absolute atomic E-state index is 0.0344. The number of nitriles is 1. The molecule has 0 saturated carbocycles. The Kier molecular flexibility index (Phi) is 6.85. The second kappa shape index (κ2) is 9.54. The van der Waals surface area contributed by atoms with Gasteiger partial charge in [-0.2, -0.15) is 5.26 Å². The summed E-state index contributed by atoms with van der Waals surface area (Å²) in [5, 5.41) is 10.4. The summed E-state index contributed by atoms with van der Waals surface area (Å²) in [6.07, 6.45) is 11.7. The fourth-order valence-corrected chi connectivity index (χ4v) is 4.45. The van der Waals surface area contributed by atoms with E-state index < -0.39 is 0 Å². The number of benzene rings is 1. The normalized spacial score (nSPS) is 14.7. The van der Waals surface area contributed by atoms with E-state index >= 15 is 0 Å². The Labute approximate surface area is 176 Å². The highest BCUT2D eigenvalue weighted by atomic mass is 32.1. The maximum absolute atomic E-state index is 9.47. The molecule has 1 aromatic carbocycles. The minimum Gasteiger partial charge on any atom is -0.490 e. The summed E-state index contributed by atoms with van der Waals surface area (Å²) in [6, 6.07) is 7.94. The average molecular weight is 404 g/mol. The molecule has 4 nitrogen and oxygen atoms in total. The van der Waals surface area contributed by atoms with Crippen LogP contribution in [0.4, 0.5) is 0 Å². The number of hydrogen-bond acceptors (Lipinski definition) is 5. The first kappa shape index (κ1) is 20.8. The number of aromatic nitrogens is 1. The molecule has 2 N–H and O–H groups in total. The van der Waals surface area contributed by atoms with E-state index in [0.717, 1.165) is 28.3 Å². The van der Waals surface area contributed by atoms with Crippen molar-refractivity contribution < 1.29 is 4.74 Å². The Morgan fingerprint density at radius 3 is 2.86 bits per heavy atom. The van der Waals surface area contributed by atoms with Crippen molar-refractivity contribution in [1.82, 2.24) is 4.98 Å². The Bertz CT molecular complexity index is 1060. The Hall–Kier alpha value is -2.90. The van der Waals surface area contributed by atoms with Gasteiger partial charge in [0.25, 0.3) is 0 Å². The summed E-state index contributed by atoms with van der Waals surface area (Å²) < 4.78 is 5.72. The molecular weight excluding hydrogens is 378 g/mol. The lowest BCUT2D eigenvalue weighted by atomic mass is 10.0. The molecule has 148 valence electrons. The molecule has 0 amide bonds. The first-order valence-electron chi connectivity index (χ1n) is 9.76. The van der Waals surface area contributed by atoms with Crippen LogP contribution in [0.3, 0.4) is 0 Å². The van der Waals surface area contributed by atoms with Gasteiger partial charge in [-0.25, -0.2) is 4.98 Å². The fraction of sp³-hybridized carbons (Fsp3) is 0.292. The van der Waals surface area contributed by atoms with Crippen molar-refractivity contribution in [2.75, 3.05) is 7.05 Å². The van der Waals surface area contributed by atoms with Crippen molar-refractivity contribution in [3.63, 3.8) is 0 Å². The highest BCUT2D eigenvalue weighted by Gasteiger charge is 2.20. The quantitative estimate of drug-likeness (QED) is 0.671. The van der Waals surface area contributed by atoms with Crippen LogP contribution in [-0.4, -0.2) is 18.1 Å². The molecule has 2 aromatic rings. The molecular formula is C24H25N3OS. The third kappa shape index (κ3) is 4.58. The van der Waals surface area contributed by atoms with Crippen molar-refractivity contribution in [1.29, 1.82) is 5.26 Å². The van der Waals surface area contributed by atoms with E-state index in [-0.39, 0.29) is 6.10 Å². The molecule has 0 saturated heterocycles. The van der Waals surface area contributed by atoms with Crippen molar-refractivity contribution in [2.45, 2.75) is 39.2 Å². The van der Waals surface area contributed by atoms with Gasteiger partial charge in [-0.3, -0.25) is 0 Å². The van der Waals surface area contributed by atoms with Crippen LogP contribution in [0.1, 0.15) is 43.6 Å². The molecule has 1 aromatic heterocycles. The van der Waals surface area contributed by atoms with Crippen LogP contribution in [0.2, 0.25) is 0 Å². The largest absolute Gasteiger partial charge is 0.490 e. The molecule has 5 heteroatoms. The van der Waals surface area contributed by atoms with Crippen LogP contribution in [0.15, 0.2) is 59.5 Å². The molecule has 0 spiro atoms. The standard InChI is InChI=1S/C23H20N2OS.CH5N/c1-15(2)26-21-11-10-17(12-18(21)13-24)23-25-14-22(27-23)20-8-4-3-6-16-7-5-9-19(16)20;1-2/h4,6,8,10-12,14-15H,5,7,9H2,1-2H3;2H2,1H3. The second-order valence-corrected chi connectivity index (χ2v) is 7.97. The number of rotatable bonds is 4. The van der Waals surface area contributed by atoms with Crippen molar-refractivity contribution in [2.24, 2.45) is 5.73 Å². The zero-order valence-corrected chi connectivity index (χ0v) is 17.8. The zero-order chi connectivity index (χ0) is 20.8. The lowest BCUT2D eigenvalue weighted by Crippen LogP contribution is -2.06. The number of nitrogens with zero attached hydrogens (tertiary/aromatic N) is 2. The summed E-state index contributed by atoms with van der Waals surface area (Å²) in [5.41, 5.74) is 13.3. The van der Waals surface area contributed by atoms with Crippen molar-refractivity contribution >= 4 is 16.9 Å². The van der Waals surface area contributed by atoms with Gasteiger partial charge in [-0.15, -0.1) is 17.1 Å². The predicted octanol–water partition coefficient (Wildman–Crippen LogP) is 5.63.